The first kappa shape index (κ1) is 20.0. The molecule has 0 saturated carbocycles. The van der Waals surface area contributed by atoms with Crippen molar-refractivity contribution in [2.75, 3.05) is 11.9 Å². The van der Waals surface area contributed by atoms with Gasteiger partial charge in [-0.15, -0.1) is 0 Å². The molecule has 0 bridgehead atoms. The van der Waals surface area contributed by atoms with Crippen LogP contribution >= 0.6 is 0 Å². The third-order valence-electron chi connectivity index (χ3n) is 4.98. The van der Waals surface area contributed by atoms with Crippen molar-refractivity contribution >= 4 is 11.8 Å². The van der Waals surface area contributed by atoms with Gasteiger partial charge in [0.1, 0.15) is 5.69 Å². The average molecular weight is 357 g/mol. The summed E-state index contributed by atoms with van der Waals surface area (Å²) in [6.45, 7) is 10.8. The van der Waals surface area contributed by atoms with Gasteiger partial charge >= 0.3 is 0 Å². The number of carbonyl (C=O) groups excluding carboxylic acids is 1. The van der Waals surface area contributed by atoms with E-state index in [2.05, 4.69) is 37.8 Å². The average Bonchev–Trinajstić information content (AvgIpc) is 3.08. The quantitative estimate of drug-likeness (QED) is 0.686. The lowest BCUT2D eigenvalue weighted by Crippen LogP contribution is -2.38. The highest BCUT2D eigenvalue weighted by molar-refractivity contribution is 5.77. The van der Waals surface area contributed by atoms with Crippen LogP contribution in [-0.4, -0.2) is 35.1 Å². The number of rotatable bonds is 8. The Morgan fingerprint density at radius 2 is 1.81 bits per heavy atom. The smallest absolute Gasteiger partial charge is 0.232 e. The van der Waals surface area contributed by atoms with Crippen molar-refractivity contribution in [1.82, 2.24) is 10.1 Å². The maximum atomic E-state index is 12.6. The zero-order valence-electron chi connectivity index (χ0n) is 16.8. The Bertz CT molecular complexity index is 709. The Kier molecular flexibility index (Phi) is 6.83. The Balaban J connectivity index is 2.52. The summed E-state index contributed by atoms with van der Waals surface area (Å²) >= 11 is 0. The number of aromatic nitrogens is 1. The summed E-state index contributed by atoms with van der Waals surface area (Å²) in [5.41, 5.74) is 2.78. The zero-order valence-corrected chi connectivity index (χ0v) is 16.8. The lowest BCUT2D eigenvalue weighted by molar-refractivity contribution is -0.133. The van der Waals surface area contributed by atoms with Crippen LogP contribution in [0.15, 0.2) is 34.9 Å². The fourth-order valence-corrected chi connectivity index (χ4v) is 2.86. The molecule has 0 aliphatic carbocycles. The van der Waals surface area contributed by atoms with Crippen LogP contribution in [0.5, 0.6) is 0 Å². The summed E-state index contributed by atoms with van der Waals surface area (Å²) in [6.07, 6.45) is 1.40. The molecule has 1 heterocycles. The monoisotopic (exact) mass is 357 g/mol. The van der Waals surface area contributed by atoms with Crippen LogP contribution in [0, 0.1) is 0 Å². The van der Waals surface area contributed by atoms with Gasteiger partial charge in [-0.2, -0.15) is 0 Å². The summed E-state index contributed by atoms with van der Waals surface area (Å²) in [4.78, 5) is 16.6. The largest absolute Gasteiger partial charge is 0.341 e. The van der Waals surface area contributed by atoms with Crippen molar-refractivity contribution in [3.8, 4) is 11.3 Å². The number of benzene rings is 1. The Morgan fingerprint density at radius 3 is 2.35 bits per heavy atom. The van der Waals surface area contributed by atoms with E-state index in [0.29, 0.717) is 13.0 Å². The SMILES string of the molecule is CCC(=O)N(Cc1c(-c2ccccc2)noc1N(C)C(C)C)[C@H](C)CC. The van der Waals surface area contributed by atoms with Gasteiger partial charge in [-0.05, 0) is 27.2 Å². The number of hydrogen-bond acceptors (Lipinski definition) is 4. The standard InChI is InChI=1S/C21H31N3O2/c1-7-16(5)24(19(25)8-2)14-18-20(17-12-10-9-11-13-17)22-26-21(18)23(6)15(3)4/h9-13,15-16H,7-8,14H2,1-6H3/t16-/m1/s1. The van der Waals surface area contributed by atoms with Gasteiger partial charge in [-0.3, -0.25) is 4.79 Å². The molecule has 1 atom stereocenters. The molecule has 0 saturated heterocycles. The second-order valence-corrected chi connectivity index (χ2v) is 7.02. The normalized spacial score (nSPS) is 12.3. The van der Waals surface area contributed by atoms with Crippen molar-refractivity contribution in [3.05, 3.63) is 35.9 Å². The molecule has 0 spiro atoms. The van der Waals surface area contributed by atoms with Gasteiger partial charge in [0.25, 0.3) is 0 Å². The van der Waals surface area contributed by atoms with Crippen LogP contribution in [0.3, 0.4) is 0 Å². The molecule has 0 aliphatic heterocycles. The van der Waals surface area contributed by atoms with E-state index >= 15 is 0 Å². The van der Waals surface area contributed by atoms with E-state index in [-0.39, 0.29) is 18.0 Å². The Hall–Kier alpha value is -2.30. The number of nitrogens with zero attached hydrogens (tertiary/aromatic N) is 3. The number of hydrogen-bond donors (Lipinski definition) is 0. The highest BCUT2D eigenvalue weighted by Crippen LogP contribution is 2.33. The third-order valence-corrected chi connectivity index (χ3v) is 4.98. The van der Waals surface area contributed by atoms with Gasteiger partial charge in [-0.25, -0.2) is 0 Å². The molecule has 2 rings (SSSR count). The number of anilines is 1. The lowest BCUT2D eigenvalue weighted by atomic mass is 10.1. The van der Waals surface area contributed by atoms with Gasteiger partial charge in [0.15, 0.2) is 0 Å². The third kappa shape index (κ3) is 4.26. The van der Waals surface area contributed by atoms with Crippen molar-refractivity contribution in [3.63, 3.8) is 0 Å². The summed E-state index contributed by atoms with van der Waals surface area (Å²) in [5.74, 6) is 0.883. The molecule has 1 aromatic carbocycles. The molecule has 1 amide bonds. The van der Waals surface area contributed by atoms with E-state index in [1.54, 1.807) is 0 Å². The first-order chi connectivity index (χ1) is 12.4. The van der Waals surface area contributed by atoms with Crippen LogP contribution in [0.25, 0.3) is 11.3 Å². The molecule has 0 radical (unpaired) electrons. The van der Waals surface area contributed by atoms with Crippen molar-refractivity contribution in [1.29, 1.82) is 0 Å². The van der Waals surface area contributed by atoms with E-state index < -0.39 is 0 Å². The molecule has 5 heteroatoms. The van der Waals surface area contributed by atoms with Crippen LogP contribution < -0.4 is 4.90 Å². The second-order valence-electron chi connectivity index (χ2n) is 7.02. The maximum absolute atomic E-state index is 12.6. The molecule has 0 aliphatic rings. The molecule has 142 valence electrons. The highest BCUT2D eigenvalue weighted by Gasteiger charge is 2.27. The predicted octanol–water partition coefficient (Wildman–Crippen LogP) is 4.72. The fraction of sp³-hybridized carbons (Fsp3) is 0.524. The summed E-state index contributed by atoms with van der Waals surface area (Å²) in [5, 5.41) is 4.36. The lowest BCUT2D eigenvalue weighted by Gasteiger charge is -2.30. The van der Waals surface area contributed by atoms with E-state index in [0.717, 1.165) is 29.1 Å². The molecular formula is C21H31N3O2. The number of carbonyl (C=O) groups is 1. The summed E-state index contributed by atoms with van der Waals surface area (Å²) in [6, 6.07) is 10.4. The molecule has 0 N–H and O–H groups in total. The van der Waals surface area contributed by atoms with Crippen LogP contribution in [-0.2, 0) is 11.3 Å². The first-order valence-corrected chi connectivity index (χ1v) is 9.46. The van der Waals surface area contributed by atoms with Crippen LogP contribution in [0.1, 0.15) is 53.0 Å². The van der Waals surface area contributed by atoms with Crippen molar-refractivity contribution in [2.45, 2.75) is 66.1 Å². The van der Waals surface area contributed by atoms with Gasteiger partial charge in [-0.1, -0.05) is 49.3 Å². The van der Waals surface area contributed by atoms with Crippen molar-refractivity contribution in [2.24, 2.45) is 0 Å². The fourth-order valence-electron chi connectivity index (χ4n) is 2.86. The Morgan fingerprint density at radius 1 is 1.15 bits per heavy atom. The topological polar surface area (TPSA) is 49.6 Å². The molecule has 0 unspecified atom stereocenters. The van der Waals surface area contributed by atoms with E-state index in [9.17, 15) is 4.79 Å². The van der Waals surface area contributed by atoms with Gasteiger partial charge in [0.2, 0.25) is 11.8 Å². The molecule has 2 aromatic rings. The minimum Gasteiger partial charge on any atom is -0.341 e. The van der Waals surface area contributed by atoms with E-state index in [1.165, 1.54) is 0 Å². The Labute approximate surface area is 157 Å². The van der Waals surface area contributed by atoms with Crippen molar-refractivity contribution < 1.29 is 9.32 Å². The molecule has 0 fully saturated rings. The van der Waals surface area contributed by atoms with Gasteiger partial charge in [0, 0.05) is 31.1 Å². The van der Waals surface area contributed by atoms with E-state index in [4.69, 9.17) is 4.52 Å². The molecular weight excluding hydrogens is 326 g/mol. The highest BCUT2D eigenvalue weighted by atomic mass is 16.5. The summed E-state index contributed by atoms with van der Waals surface area (Å²) < 4.78 is 5.74. The predicted molar refractivity (Wildman–Crippen MR) is 106 cm³/mol. The molecule has 1 aromatic heterocycles. The molecule has 26 heavy (non-hydrogen) atoms. The maximum Gasteiger partial charge on any atom is 0.232 e. The number of amides is 1. The summed E-state index contributed by atoms with van der Waals surface area (Å²) in [7, 11) is 2.00. The first-order valence-electron chi connectivity index (χ1n) is 9.46. The molecule has 5 nitrogen and oxygen atoms in total. The second kappa shape index (κ2) is 8.88. The van der Waals surface area contributed by atoms with Crippen LogP contribution in [0.4, 0.5) is 5.88 Å². The van der Waals surface area contributed by atoms with E-state index in [1.807, 2.05) is 49.2 Å². The zero-order chi connectivity index (χ0) is 19.3. The minimum absolute atomic E-state index is 0.151. The van der Waals surface area contributed by atoms with Crippen LogP contribution in [0.2, 0.25) is 0 Å². The van der Waals surface area contributed by atoms with Gasteiger partial charge in [0.05, 0.1) is 12.1 Å². The minimum atomic E-state index is 0.151. The van der Waals surface area contributed by atoms with Gasteiger partial charge < -0.3 is 14.3 Å².